The number of hydrogen-bond acceptors (Lipinski definition) is 3. The molecular weight excluding hydrogens is 234 g/mol. The highest BCUT2D eigenvalue weighted by atomic mass is 15.1. The number of aromatic nitrogens is 1. The van der Waals surface area contributed by atoms with Crippen LogP contribution in [0.5, 0.6) is 0 Å². The van der Waals surface area contributed by atoms with Gasteiger partial charge in [0.2, 0.25) is 0 Å². The number of rotatable bonds is 7. The first kappa shape index (κ1) is 15.8. The van der Waals surface area contributed by atoms with Gasteiger partial charge in [-0.3, -0.25) is 4.98 Å². The van der Waals surface area contributed by atoms with E-state index < -0.39 is 0 Å². The lowest BCUT2D eigenvalue weighted by atomic mass is 9.95. The van der Waals surface area contributed by atoms with E-state index in [9.17, 15) is 0 Å². The summed E-state index contributed by atoms with van der Waals surface area (Å²) < 4.78 is 0. The zero-order chi connectivity index (χ0) is 14.4. The number of nitrogens with one attached hydrogen (secondary N) is 1. The molecule has 0 aromatic carbocycles. The summed E-state index contributed by atoms with van der Waals surface area (Å²) in [5.41, 5.74) is 2.34. The van der Waals surface area contributed by atoms with E-state index in [4.69, 9.17) is 0 Å². The van der Waals surface area contributed by atoms with Gasteiger partial charge < -0.3 is 10.2 Å². The Kier molecular flexibility index (Phi) is 6.13. The normalized spacial score (nSPS) is 11.4. The molecular formula is C16H29N3. The Hall–Kier alpha value is -1.25. The molecule has 1 aromatic rings. The summed E-state index contributed by atoms with van der Waals surface area (Å²) in [6.07, 6.45) is 6.17. The Bertz CT molecular complexity index is 362. The van der Waals surface area contributed by atoms with Crippen molar-refractivity contribution in [2.75, 3.05) is 24.3 Å². The molecule has 1 rings (SSSR count). The van der Waals surface area contributed by atoms with Crippen molar-refractivity contribution >= 4 is 11.4 Å². The summed E-state index contributed by atoms with van der Waals surface area (Å²) >= 11 is 0. The van der Waals surface area contributed by atoms with Gasteiger partial charge in [-0.1, -0.05) is 27.7 Å². The summed E-state index contributed by atoms with van der Waals surface area (Å²) in [6, 6.07) is 2.58. The molecule has 0 aliphatic rings. The average molecular weight is 263 g/mol. The largest absolute Gasteiger partial charge is 0.379 e. The van der Waals surface area contributed by atoms with E-state index >= 15 is 0 Å². The second kappa shape index (κ2) is 7.37. The van der Waals surface area contributed by atoms with Gasteiger partial charge >= 0.3 is 0 Å². The third-order valence-corrected chi connectivity index (χ3v) is 3.15. The van der Waals surface area contributed by atoms with E-state index in [1.54, 1.807) is 0 Å². The molecule has 0 fully saturated rings. The van der Waals surface area contributed by atoms with Gasteiger partial charge in [-0.25, -0.2) is 0 Å². The minimum absolute atomic E-state index is 0.517. The van der Waals surface area contributed by atoms with Crippen LogP contribution in [-0.2, 0) is 0 Å². The number of anilines is 2. The van der Waals surface area contributed by atoms with Crippen molar-refractivity contribution in [1.29, 1.82) is 0 Å². The third kappa shape index (κ3) is 5.50. The molecule has 0 aliphatic carbocycles. The SMILES string of the molecule is CC(C)CC(CC(C)C)Nc1cnccc1N(C)C. The zero-order valence-electron chi connectivity index (χ0n) is 13.3. The Morgan fingerprint density at radius 2 is 1.68 bits per heavy atom. The second-order valence-corrected chi connectivity index (χ2v) is 6.39. The lowest BCUT2D eigenvalue weighted by Crippen LogP contribution is -2.25. The van der Waals surface area contributed by atoms with Crippen LogP contribution in [0, 0.1) is 11.8 Å². The van der Waals surface area contributed by atoms with Gasteiger partial charge in [0, 0.05) is 26.3 Å². The molecule has 0 bridgehead atoms. The fraction of sp³-hybridized carbons (Fsp3) is 0.688. The van der Waals surface area contributed by atoms with E-state index in [-0.39, 0.29) is 0 Å². The van der Waals surface area contributed by atoms with Crippen molar-refractivity contribution in [2.24, 2.45) is 11.8 Å². The first-order valence-electron chi connectivity index (χ1n) is 7.28. The summed E-state index contributed by atoms with van der Waals surface area (Å²) in [5.74, 6) is 1.41. The molecule has 0 saturated heterocycles. The Labute approximate surface area is 118 Å². The summed E-state index contributed by atoms with van der Waals surface area (Å²) in [5, 5.41) is 3.69. The number of pyridine rings is 1. The van der Waals surface area contributed by atoms with Gasteiger partial charge in [0.1, 0.15) is 0 Å². The lowest BCUT2D eigenvalue weighted by molar-refractivity contribution is 0.442. The molecule has 0 aliphatic heterocycles. The van der Waals surface area contributed by atoms with Crippen molar-refractivity contribution in [3.05, 3.63) is 18.5 Å². The minimum Gasteiger partial charge on any atom is -0.379 e. The molecule has 0 atom stereocenters. The molecule has 0 unspecified atom stereocenters. The topological polar surface area (TPSA) is 28.2 Å². The predicted molar refractivity (Wildman–Crippen MR) is 84.9 cm³/mol. The first-order chi connectivity index (χ1) is 8.90. The Balaban J connectivity index is 2.83. The van der Waals surface area contributed by atoms with E-state index in [2.05, 4.69) is 63.1 Å². The summed E-state index contributed by atoms with van der Waals surface area (Å²) in [4.78, 5) is 6.38. The van der Waals surface area contributed by atoms with Crippen molar-refractivity contribution in [3.8, 4) is 0 Å². The molecule has 1 heterocycles. The smallest absolute Gasteiger partial charge is 0.0766 e. The van der Waals surface area contributed by atoms with Crippen LogP contribution in [0.3, 0.4) is 0 Å². The van der Waals surface area contributed by atoms with Gasteiger partial charge in [-0.2, -0.15) is 0 Å². The fourth-order valence-corrected chi connectivity index (χ4v) is 2.46. The van der Waals surface area contributed by atoms with Crippen LogP contribution in [0.2, 0.25) is 0 Å². The molecule has 0 spiro atoms. The van der Waals surface area contributed by atoms with Crippen LogP contribution >= 0.6 is 0 Å². The standard InChI is InChI=1S/C16H29N3/c1-12(2)9-14(10-13(3)4)18-15-11-17-8-7-16(15)19(5)6/h7-8,11-14,18H,9-10H2,1-6H3. The van der Waals surface area contributed by atoms with E-state index in [1.165, 1.54) is 18.5 Å². The van der Waals surface area contributed by atoms with Gasteiger partial charge in [-0.15, -0.1) is 0 Å². The molecule has 3 heteroatoms. The predicted octanol–water partition coefficient (Wildman–Crippen LogP) is 4.02. The van der Waals surface area contributed by atoms with E-state index in [0.717, 1.165) is 5.69 Å². The average Bonchev–Trinajstić information content (AvgIpc) is 2.27. The quantitative estimate of drug-likeness (QED) is 0.805. The minimum atomic E-state index is 0.517. The Morgan fingerprint density at radius 3 is 2.16 bits per heavy atom. The molecule has 1 N–H and O–H groups in total. The van der Waals surface area contributed by atoms with Crippen LogP contribution in [0.1, 0.15) is 40.5 Å². The van der Waals surface area contributed by atoms with Gasteiger partial charge in [-0.05, 0) is 30.7 Å². The summed E-state index contributed by atoms with van der Waals surface area (Å²) in [6.45, 7) is 9.13. The van der Waals surface area contributed by atoms with Crippen LogP contribution in [0.4, 0.5) is 11.4 Å². The van der Waals surface area contributed by atoms with Crippen molar-refractivity contribution in [1.82, 2.24) is 4.98 Å². The lowest BCUT2D eigenvalue weighted by Gasteiger charge is -2.26. The van der Waals surface area contributed by atoms with E-state index in [1.807, 2.05) is 12.4 Å². The maximum atomic E-state index is 4.25. The highest BCUT2D eigenvalue weighted by molar-refractivity contribution is 5.68. The third-order valence-electron chi connectivity index (χ3n) is 3.15. The maximum Gasteiger partial charge on any atom is 0.0766 e. The fourth-order valence-electron chi connectivity index (χ4n) is 2.46. The molecule has 19 heavy (non-hydrogen) atoms. The van der Waals surface area contributed by atoms with Crippen LogP contribution in [0.15, 0.2) is 18.5 Å². The van der Waals surface area contributed by atoms with Crippen molar-refractivity contribution in [2.45, 2.75) is 46.6 Å². The molecule has 0 amide bonds. The maximum absolute atomic E-state index is 4.25. The highest BCUT2D eigenvalue weighted by Crippen LogP contribution is 2.26. The summed E-state index contributed by atoms with van der Waals surface area (Å²) in [7, 11) is 4.14. The molecule has 1 aromatic heterocycles. The zero-order valence-corrected chi connectivity index (χ0v) is 13.3. The number of hydrogen-bond donors (Lipinski definition) is 1. The van der Waals surface area contributed by atoms with Gasteiger partial charge in [0.05, 0.1) is 17.6 Å². The molecule has 3 nitrogen and oxygen atoms in total. The van der Waals surface area contributed by atoms with Crippen molar-refractivity contribution < 1.29 is 0 Å². The highest BCUT2D eigenvalue weighted by Gasteiger charge is 2.15. The van der Waals surface area contributed by atoms with Gasteiger partial charge in [0.15, 0.2) is 0 Å². The van der Waals surface area contributed by atoms with Crippen LogP contribution < -0.4 is 10.2 Å². The number of nitrogens with zero attached hydrogens (tertiary/aromatic N) is 2. The van der Waals surface area contributed by atoms with Crippen LogP contribution in [-0.4, -0.2) is 25.1 Å². The van der Waals surface area contributed by atoms with Crippen molar-refractivity contribution in [3.63, 3.8) is 0 Å². The second-order valence-electron chi connectivity index (χ2n) is 6.39. The first-order valence-corrected chi connectivity index (χ1v) is 7.28. The van der Waals surface area contributed by atoms with E-state index in [0.29, 0.717) is 17.9 Å². The van der Waals surface area contributed by atoms with Crippen LogP contribution in [0.25, 0.3) is 0 Å². The monoisotopic (exact) mass is 263 g/mol. The Morgan fingerprint density at radius 1 is 1.11 bits per heavy atom. The molecule has 0 saturated carbocycles. The molecule has 0 radical (unpaired) electrons. The molecule has 108 valence electrons. The van der Waals surface area contributed by atoms with Gasteiger partial charge in [0.25, 0.3) is 0 Å².